The largest absolute Gasteiger partial charge is 0.315 e. The van der Waals surface area contributed by atoms with E-state index >= 15 is 0 Å². The van der Waals surface area contributed by atoms with Gasteiger partial charge in [0.2, 0.25) is 0 Å². The number of halogens is 1. The maximum absolute atomic E-state index is 13.0. The molecule has 0 spiro atoms. The molecule has 0 amide bonds. The zero-order valence-electron chi connectivity index (χ0n) is 21.1. The van der Waals surface area contributed by atoms with Gasteiger partial charge in [0.05, 0.1) is 0 Å². The first kappa shape index (κ1) is 24.4. The lowest BCUT2D eigenvalue weighted by molar-refractivity contribution is 0.0261. The van der Waals surface area contributed by atoms with Crippen LogP contribution in [0.25, 0.3) is 0 Å². The molecule has 180 valence electrons. The summed E-state index contributed by atoms with van der Waals surface area (Å²) in [4.78, 5) is 0. The van der Waals surface area contributed by atoms with E-state index < -0.39 is 0 Å². The number of benzene rings is 2. The smallest absolute Gasteiger partial charge is 0.123 e. The van der Waals surface area contributed by atoms with Gasteiger partial charge in [-0.15, -0.1) is 0 Å². The van der Waals surface area contributed by atoms with Crippen LogP contribution in [0.1, 0.15) is 81.5 Å². The Morgan fingerprint density at radius 2 is 1.73 bits per heavy atom. The summed E-state index contributed by atoms with van der Waals surface area (Å²) in [6.45, 7) is 13.7. The van der Waals surface area contributed by atoms with Crippen molar-refractivity contribution in [1.29, 1.82) is 0 Å². The zero-order valence-corrected chi connectivity index (χ0v) is 21.1. The summed E-state index contributed by atoms with van der Waals surface area (Å²) in [7, 11) is 0. The van der Waals surface area contributed by atoms with Gasteiger partial charge in [0.25, 0.3) is 0 Å². The van der Waals surface area contributed by atoms with E-state index in [-0.39, 0.29) is 5.82 Å². The van der Waals surface area contributed by atoms with Gasteiger partial charge < -0.3 is 10.6 Å². The first-order chi connectivity index (χ1) is 15.8. The average molecular weight is 451 g/mol. The third-order valence-corrected chi connectivity index (χ3v) is 8.68. The summed E-state index contributed by atoms with van der Waals surface area (Å²) < 4.78 is 13.0. The normalized spacial score (nSPS) is 26.8. The van der Waals surface area contributed by atoms with Gasteiger partial charge in [0.15, 0.2) is 0 Å². The Hall–Kier alpha value is -1.71. The fourth-order valence-electron chi connectivity index (χ4n) is 6.77. The summed E-state index contributed by atoms with van der Waals surface area (Å²) in [6, 6.07) is 14.2. The second-order valence-electron chi connectivity index (χ2n) is 11.4. The molecule has 2 aliphatic rings. The van der Waals surface area contributed by atoms with Gasteiger partial charge in [-0.25, -0.2) is 4.39 Å². The summed E-state index contributed by atoms with van der Waals surface area (Å²) in [5.41, 5.74) is 6.59. The number of hydrogen-bond acceptors (Lipinski definition) is 2. The van der Waals surface area contributed by atoms with E-state index in [1.165, 1.54) is 43.2 Å². The minimum absolute atomic E-state index is 0.162. The van der Waals surface area contributed by atoms with E-state index in [9.17, 15) is 4.39 Å². The second-order valence-corrected chi connectivity index (χ2v) is 11.4. The van der Waals surface area contributed by atoms with E-state index in [0.717, 1.165) is 38.5 Å². The van der Waals surface area contributed by atoms with Gasteiger partial charge in [0.1, 0.15) is 5.82 Å². The quantitative estimate of drug-likeness (QED) is 0.433. The molecular weight excluding hydrogens is 407 g/mol. The minimum Gasteiger partial charge on any atom is -0.315 e. The molecule has 0 bridgehead atoms. The van der Waals surface area contributed by atoms with E-state index in [0.29, 0.717) is 16.7 Å². The van der Waals surface area contributed by atoms with Crippen molar-refractivity contribution < 1.29 is 4.39 Å². The fraction of sp³-hybridized carbons (Fsp3) is 0.600. The predicted molar refractivity (Wildman–Crippen MR) is 137 cm³/mol. The van der Waals surface area contributed by atoms with Gasteiger partial charge in [-0.05, 0) is 95.7 Å². The van der Waals surface area contributed by atoms with Crippen LogP contribution in [-0.4, -0.2) is 26.2 Å². The van der Waals surface area contributed by atoms with E-state index in [4.69, 9.17) is 0 Å². The molecule has 1 saturated carbocycles. The van der Waals surface area contributed by atoms with Crippen molar-refractivity contribution in [3.8, 4) is 0 Å². The Kier molecular flexibility index (Phi) is 7.60. The molecule has 2 aliphatic carbocycles. The molecule has 2 nitrogen and oxygen atoms in total. The summed E-state index contributed by atoms with van der Waals surface area (Å²) in [5.74, 6) is 1.19. The summed E-state index contributed by atoms with van der Waals surface area (Å²) in [6.07, 6.45) is 7.47. The molecule has 2 aromatic carbocycles. The van der Waals surface area contributed by atoms with Crippen molar-refractivity contribution in [2.45, 2.75) is 77.6 Å². The molecule has 0 aromatic heterocycles. The van der Waals surface area contributed by atoms with Crippen LogP contribution in [-0.2, 0) is 18.3 Å². The lowest BCUT2D eigenvalue weighted by Crippen LogP contribution is -2.53. The Bertz CT molecular complexity index is 921. The lowest BCUT2D eigenvalue weighted by Gasteiger charge is -2.55. The highest BCUT2D eigenvalue weighted by molar-refractivity contribution is 5.42. The van der Waals surface area contributed by atoms with Gasteiger partial charge in [-0.1, -0.05) is 64.4 Å². The van der Waals surface area contributed by atoms with Crippen molar-refractivity contribution in [2.75, 3.05) is 26.2 Å². The molecule has 2 N–H and O–H groups in total. The molecule has 2 aromatic rings. The number of hydrogen-bond donors (Lipinski definition) is 2. The van der Waals surface area contributed by atoms with E-state index in [2.05, 4.69) is 56.5 Å². The van der Waals surface area contributed by atoms with Crippen LogP contribution >= 0.6 is 0 Å². The lowest BCUT2D eigenvalue weighted by atomic mass is 9.49. The average Bonchev–Trinajstić information content (AvgIpc) is 2.79. The molecule has 0 heterocycles. The molecule has 0 radical (unpaired) electrons. The molecule has 3 heteroatoms. The predicted octanol–water partition coefficient (Wildman–Crippen LogP) is 6.38. The second kappa shape index (κ2) is 10.3. The van der Waals surface area contributed by atoms with E-state index in [1.807, 2.05) is 12.1 Å². The van der Waals surface area contributed by atoms with Crippen molar-refractivity contribution in [2.24, 2.45) is 11.3 Å². The Labute approximate surface area is 200 Å². The van der Waals surface area contributed by atoms with Crippen molar-refractivity contribution in [3.05, 3.63) is 70.5 Å². The summed E-state index contributed by atoms with van der Waals surface area (Å²) in [5, 5.41) is 7.32. The highest BCUT2D eigenvalue weighted by atomic mass is 19.1. The molecule has 33 heavy (non-hydrogen) atoms. The molecule has 3 atom stereocenters. The van der Waals surface area contributed by atoms with Crippen LogP contribution in [0, 0.1) is 17.2 Å². The fourth-order valence-corrected chi connectivity index (χ4v) is 6.77. The van der Waals surface area contributed by atoms with Crippen LogP contribution in [0.15, 0.2) is 42.5 Å². The van der Waals surface area contributed by atoms with Crippen molar-refractivity contribution in [1.82, 2.24) is 10.6 Å². The molecular formula is C30H43FN2. The van der Waals surface area contributed by atoms with E-state index in [1.54, 1.807) is 23.3 Å². The van der Waals surface area contributed by atoms with Gasteiger partial charge in [0, 0.05) is 19.6 Å². The van der Waals surface area contributed by atoms with Crippen LogP contribution in [0.5, 0.6) is 0 Å². The number of fused-ring (bicyclic) bond motifs is 3. The Morgan fingerprint density at radius 3 is 2.48 bits per heavy atom. The molecule has 1 fully saturated rings. The highest BCUT2D eigenvalue weighted by Crippen LogP contribution is 2.57. The molecule has 0 saturated heterocycles. The molecule has 4 rings (SSSR count). The van der Waals surface area contributed by atoms with Gasteiger partial charge in [-0.2, -0.15) is 0 Å². The van der Waals surface area contributed by atoms with Crippen LogP contribution < -0.4 is 10.6 Å². The van der Waals surface area contributed by atoms with Crippen molar-refractivity contribution in [3.63, 3.8) is 0 Å². The maximum atomic E-state index is 13.0. The topological polar surface area (TPSA) is 24.1 Å². The molecule has 0 aliphatic heterocycles. The third kappa shape index (κ3) is 5.35. The Balaban J connectivity index is 1.29. The van der Waals surface area contributed by atoms with Crippen LogP contribution in [0.4, 0.5) is 4.39 Å². The zero-order chi connectivity index (χ0) is 23.5. The first-order valence-electron chi connectivity index (χ1n) is 13.1. The van der Waals surface area contributed by atoms with Crippen molar-refractivity contribution >= 4 is 0 Å². The third-order valence-electron chi connectivity index (χ3n) is 8.68. The van der Waals surface area contributed by atoms with Gasteiger partial charge in [-0.3, -0.25) is 0 Å². The van der Waals surface area contributed by atoms with Crippen LogP contribution in [0.3, 0.4) is 0 Å². The number of rotatable bonds is 9. The van der Waals surface area contributed by atoms with Crippen LogP contribution in [0.2, 0.25) is 0 Å². The first-order valence-corrected chi connectivity index (χ1v) is 13.1. The Morgan fingerprint density at radius 1 is 0.970 bits per heavy atom. The molecule has 0 unspecified atom stereocenters. The minimum atomic E-state index is -0.162. The summed E-state index contributed by atoms with van der Waals surface area (Å²) >= 11 is 0. The number of aryl methyl sites for hydroxylation is 1. The monoisotopic (exact) mass is 450 g/mol. The SMILES string of the molecule is CC(C)c1ccc2c(c1)CC[C@H]1[C@](C)(CNCCNCCc3ccc(F)cc3)CCC[C@]21C. The van der Waals surface area contributed by atoms with Gasteiger partial charge >= 0.3 is 0 Å². The highest BCUT2D eigenvalue weighted by Gasteiger charge is 2.51. The number of nitrogens with one attached hydrogen (secondary N) is 2. The standard InChI is InChI=1S/C30H43FN2/c1-22(2)24-8-12-27-25(20-24)9-13-28-29(3,15-5-16-30(27,28)4)21-33-19-18-32-17-14-23-6-10-26(31)11-7-23/h6-8,10-12,20,22,28,32-33H,5,9,13-19,21H2,1-4H3/t28-,29-,30+/m0/s1. The maximum Gasteiger partial charge on any atom is 0.123 e.